The fourth-order valence-corrected chi connectivity index (χ4v) is 8.93. The maximum atomic E-state index is 13.0. The lowest BCUT2D eigenvalue weighted by Gasteiger charge is -2.29. The molecule has 0 rings (SSSR count). The van der Waals surface area contributed by atoms with E-state index in [0.717, 1.165) is 122 Å². The number of phosphoric acid groups is 1. The monoisotopic (exact) mass is 1140 g/mol. The van der Waals surface area contributed by atoms with Gasteiger partial charge in [0.1, 0.15) is 13.2 Å². The van der Waals surface area contributed by atoms with Crippen LogP contribution in [-0.2, 0) is 18.4 Å². The summed E-state index contributed by atoms with van der Waals surface area (Å²) in [7, 11) is 1.20. The average Bonchev–Trinajstić information content (AvgIpc) is 3.43. The highest BCUT2D eigenvalue weighted by Crippen LogP contribution is 2.38. The molecule has 9 heteroatoms. The number of phosphoric ester groups is 1. The standard InChI is InChI=1S/C72H119N2O6P/c1-6-8-10-12-14-16-18-20-22-24-26-27-28-29-30-31-32-33-34-35-36-37-38-39-40-41-42-43-44-45-46-47-48-50-52-54-56-58-60-62-64-66-72(76)73-70(69-80-81(77,78)79-68-67-74(3,4)5)71(75)65-63-61-59-57-55-53-51-49-25-23-21-19-17-15-13-11-9-7-2/h8,10,14,16,20,22,26-27,29-30,32-33,35-36,38-39,41-42,44-45,47-48,52,54-55,57,63,65,70-71,75H,6-7,9,11-13,15,17-19,21,23-25,28,31,34,37,40,43,46,49-51,53,56,58-62,64,66-69H2,1-5H3,(H-,73,76,77,78)/b10-8-,16-14-,22-20-,27-26-,30-29-,33-32-,36-35-,39-38-,42-41-,45-44-,48-47-,54-52-,57-55+,65-63+. The Morgan fingerprint density at radius 2 is 0.765 bits per heavy atom. The average molecular weight is 1140 g/mol. The zero-order valence-electron chi connectivity index (χ0n) is 52.2. The van der Waals surface area contributed by atoms with Crippen molar-refractivity contribution >= 4 is 13.7 Å². The minimum absolute atomic E-state index is 0.0207. The van der Waals surface area contributed by atoms with E-state index in [0.29, 0.717) is 23.9 Å². The first kappa shape index (κ1) is 76.9. The summed E-state index contributed by atoms with van der Waals surface area (Å²) in [6, 6.07) is -0.930. The molecule has 0 radical (unpaired) electrons. The number of aliphatic hydroxyl groups is 1. The molecular formula is C72H119N2O6P. The van der Waals surface area contributed by atoms with Gasteiger partial charge in [0.05, 0.1) is 39.9 Å². The van der Waals surface area contributed by atoms with Gasteiger partial charge >= 0.3 is 0 Å². The minimum Gasteiger partial charge on any atom is -0.756 e. The van der Waals surface area contributed by atoms with Crippen molar-refractivity contribution < 1.29 is 32.9 Å². The van der Waals surface area contributed by atoms with Crippen LogP contribution in [0.5, 0.6) is 0 Å². The van der Waals surface area contributed by atoms with Crippen LogP contribution in [0.3, 0.4) is 0 Å². The first-order valence-corrected chi connectivity index (χ1v) is 33.5. The number of aliphatic hydroxyl groups excluding tert-OH is 1. The Morgan fingerprint density at radius 3 is 1.15 bits per heavy atom. The number of allylic oxidation sites excluding steroid dienone is 27. The van der Waals surface area contributed by atoms with E-state index in [-0.39, 0.29) is 12.5 Å². The Balaban J connectivity index is 4.25. The van der Waals surface area contributed by atoms with Crippen LogP contribution in [0, 0.1) is 0 Å². The topological polar surface area (TPSA) is 108 Å². The molecule has 0 bridgehead atoms. The number of nitrogens with one attached hydrogen (secondary N) is 1. The van der Waals surface area contributed by atoms with Gasteiger partial charge in [-0.1, -0.05) is 267 Å². The second kappa shape index (κ2) is 60.5. The van der Waals surface area contributed by atoms with Crippen molar-refractivity contribution in [3.63, 3.8) is 0 Å². The van der Waals surface area contributed by atoms with Crippen LogP contribution in [0.25, 0.3) is 0 Å². The van der Waals surface area contributed by atoms with E-state index in [1.54, 1.807) is 6.08 Å². The molecule has 3 atom stereocenters. The summed E-state index contributed by atoms with van der Waals surface area (Å²) >= 11 is 0. The lowest BCUT2D eigenvalue weighted by atomic mass is 10.0. The SMILES string of the molecule is CC/C=C\C/C=C\C/C=C\C/C=C\C/C=C\C/C=C\C/C=C\C/C=C\C/C=C\C/C=C\C/C=C\C/C=C\CCCCCCC(=O)NC(COP(=O)([O-])OCC[N+](C)(C)C)C(O)/C=C/CC/C=C/CCCCCCCCCCCCCC. The highest BCUT2D eigenvalue weighted by molar-refractivity contribution is 7.45. The van der Waals surface area contributed by atoms with Gasteiger partial charge in [-0.05, 0) is 122 Å². The van der Waals surface area contributed by atoms with Crippen LogP contribution in [0.15, 0.2) is 170 Å². The summed E-state index contributed by atoms with van der Waals surface area (Å²) in [6.07, 6.45) is 95.9. The summed E-state index contributed by atoms with van der Waals surface area (Å²) in [6.45, 7) is 4.48. The second-order valence-electron chi connectivity index (χ2n) is 22.0. The zero-order chi connectivity index (χ0) is 59.1. The predicted molar refractivity (Wildman–Crippen MR) is 352 cm³/mol. The Hall–Kier alpha value is -4.14. The summed E-state index contributed by atoms with van der Waals surface area (Å²) in [5.74, 6) is -0.238. The number of hydrogen-bond donors (Lipinski definition) is 2. The highest BCUT2D eigenvalue weighted by atomic mass is 31.2. The van der Waals surface area contributed by atoms with Gasteiger partial charge < -0.3 is 28.8 Å². The number of unbranched alkanes of at least 4 members (excludes halogenated alkanes) is 17. The molecule has 0 aromatic rings. The van der Waals surface area contributed by atoms with Crippen LogP contribution < -0.4 is 10.2 Å². The van der Waals surface area contributed by atoms with E-state index in [9.17, 15) is 19.4 Å². The van der Waals surface area contributed by atoms with Crippen molar-refractivity contribution in [1.29, 1.82) is 0 Å². The number of rotatable bonds is 56. The molecule has 0 saturated carbocycles. The zero-order valence-corrected chi connectivity index (χ0v) is 53.1. The maximum Gasteiger partial charge on any atom is 0.268 e. The Morgan fingerprint density at radius 1 is 0.444 bits per heavy atom. The van der Waals surface area contributed by atoms with Crippen LogP contribution >= 0.6 is 7.82 Å². The van der Waals surface area contributed by atoms with Crippen LogP contribution in [0.4, 0.5) is 0 Å². The van der Waals surface area contributed by atoms with Crippen molar-refractivity contribution in [3.05, 3.63) is 170 Å². The third kappa shape index (κ3) is 63.3. The number of hydrogen-bond acceptors (Lipinski definition) is 6. The number of carbonyl (C=O) groups is 1. The van der Waals surface area contributed by atoms with Gasteiger partial charge in [0.2, 0.25) is 5.91 Å². The van der Waals surface area contributed by atoms with E-state index < -0.39 is 26.6 Å². The van der Waals surface area contributed by atoms with Crippen molar-refractivity contribution in [2.24, 2.45) is 0 Å². The first-order chi connectivity index (χ1) is 39.5. The number of amides is 1. The third-order valence-electron chi connectivity index (χ3n) is 13.2. The van der Waals surface area contributed by atoms with E-state index in [2.05, 4.69) is 177 Å². The van der Waals surface area contributed by atoms with Crippen molar-refractivity contribution in [2.75, 3.05) is 40.9 Å². The molecule has 0 aromatic carbocycles. The maximum absolute atomic E-state index is 13.0. The van der Waals surface area contributed by atoms with Gasteiger partial charge in [-0.25, -0.2) is 0 Å². The van der Waals surface area contributed by atoms with Crippen LogP contribution in [-0.4, -0.2) is 68.5 Å². The Labute approximate surface area is 498 Å². The van der Waals surface area contributed by atoms with Crippen LogP contribution in [0.1, 0.15) is 226 Å². The van der Waals surface area contributed by atoms with Gasteiger partial charge in [0, 0.05) is 6.42 Å². The molecule has 3 unspecified atom stereocenters. The lowest BCUT2D eigenvalue weighted by Crippen LogP contribution is -2.45. The molecule has 0 saturated heterocycles. The molecule has 1 amide bonds. The lowest BCUT2D eigenvalue weighted by molar-refractivity contribution is -0.870. The molecule has 0 aliphatic carbocycles. The Kier molecular flexibility index (Phi) is 57.4. The molecule has 0 aliphatic heterocycles. The summed E-state index contributed by atoms with van der Waals surface area (Å²) < 4.78 is 23.3. The molecular weight excluding hydrogens is 1020 g/mol. The van der Waals surface area contributed by atoms with Gasteiger partial charge in [-0.3, -0.25) is 9.36 Å². The summed E-state index contributed by atoms with van der Waals surface area (Å²) in [5, 5.41) is 13.9. The van der Waals surface area contributed by atoms with Crippen molar-refractivity contribution in [3.8, 4) is 0 Å². The third-order valence-corrected chi connectivity index (χ3v) is 14.1. The number of carbonyl (C=O) groups excluding carboxylic acids is 1. The molecule has 2 N–H and O–H groups in total. The van der Waals surface area contributed by atoms with Gasteiger partial charge in [-0.2, -0.15) is 0 Å². The quantitative estimate of drug-likeness (QED) is 0.0272. The summed E-state index contributed by atoms with van der Waals surface area (Å²) in [4.78, 5) is 25.5. The number of quaternary nitrogens is 1. The molecule has 458 valence electrons. The normalized spacial score (nSPS) is 14.9. The minimum atomic E-state index is -4.63. The number of likely N-dealkylation sites (N-methyl/N-ethyl adjacent to an activating group) is 1. The largest absolute Gasteiger partial charge is 0.756 e. The molecule has 0 heterocycles. The summed E-state index contributed by atoms with van der Waals surface area (Å²) in [5.41, 5.74) is 0. The fourth-order valence-electron chi connectivity index (χ4n) is 8.21. The molecule has 0 spiro atoms. The van der Waals surface area contributed by atoms with Gasteiger partial charge in [-0.15, -0.1) is 0 Å². The molecule has 0 fully saturated rings. The molecule has 0 aromatic heterocycles. The van der Waals surface area contributed by atoms with Crippen LogP contribution in [0.2, 0.25) is 0 Å². The van der Waals surface area contributed by atoms with E-state index in [1.807, 2.05) is 27.2 Å². The second-order valence-corrected chi connectivity index (χ2v) is 23.4. The van der Waals surface area contributed by atoms with E-state index in [1.165, 1.54) is 77.0 Å². The van der Waals surface area contributed by atoms with E-state index in [4.69, 9.17) is 9.05 Å². The molecule has 81 heavy (non-hydrogen) atoms. The van der Waals surface area contributed by atoms with Crippen molar-refractivity contribution in [2.45, 2.75) is 238 Å². The van der Waals surface area contributed by atoms with Gasteiger partial charge in [0.25, 0.3) is 7.82 Å². The first-order valence-electron chi connectivity index (χ1n) is 32.0. The smallest absolute Gasteiger partial charge is 0.268 e. The van der Waals surface area contributed by atoms with Gasteiger partial charge in [0.15, 0.2) is 0 Å². The fraction of sp³-hybridized carbons (Fsp3) is 0.597. The van der Waals surface area contributed by atoms with Crippen molar-refractivity contribution in [1.82, 2.24) is 5.32 Å². The Bertz CT molecular complexity index is 1920. The predicted octanol–water partition coefficient (Wildman–Crippen LogP) is 19.7. The molecule has 0 aliphatic rings. The highest BCUT2D eigenvalue weighted by Gasteiger charge is 2.23. The number of nitrogens with zero attached hydrogens (tertiary/aromatic N) is 1. The molecule has 8 nitrogen and oxygen atoms in total. The van der Waals surface area contributed by atoms with E-state index >= 15 is 0 Å².